The maximum Gasteiger partial charge on any atom is 0.161 e. The molecule has 1 fully saturated rings. The predicted molar refractivity (Wildman–Crippen MR) is 58.1 cm³/mol. The molecule has 2 aliphatic rings. The second-order valence-electron chi connectivity index (χ2n) is 4.86. The molecule has 0 bridgehead atoms. The normalized spacial score (nSPS) is 34.0. The molecular weight excluding hydrogens is 172 g/mol. The van der Waals surface area contributed by atoms with Crippen molar-refractivity contribution in [2.24, 2.45) is 11.8 Å². The van der Waals surface area contributed by atoms with Crippen LogP contribution >= 0.6 is 0 Å². The standard InChI is InChI=1S/C13H20O/c1-9-11-7-5-3-4-6-8-12(11)10(2)13(9)14/h9,11H,3-8H2,1-2H3. The molecule has 0 amide bonds. The van der Waals surface area contributed by atoms with Gasteiger partial charge in [0, 0.05) is 5.92 Å². The Kier molecular flexibility index (Phi) is 2.76. The summed E-state index contributed by atoms with van der Waals surface area (Å²) in [6.45, 7) is 4.15. The maximum absolute atomic E-state index is 11.8. The van der Waals surface area contributed by atoms with Crippen molar-refractivity contribution in [1.29, 1.82) is 0 Å². The van der Waals surface area contributed by atoms with Gasteiger partial charge in [-0.3, -0.25) is 4.79 Å². The Bertz CT molecular complexity index is 275. The summed E-state index contributed by atoms with van der Waals surface area (Å²) in [4.78, 5) is 11.8. The predicted octanol–water partition coefficient (Wildman–Crippen LogP) is 3.49. The second kappa shape index (κ2) is 3.88. The second-order valence-corrected chi connectivity index (χ2v) is 4.86. The van der Waals surface area contributed by atoms with Crippen molar-refractivity contribution in [2.75, 3.05) is 0 Å². The monoisotopic (exact) mass is 192 g/mol. The minimum Gasteiger partial charge on any atom is -0.294 e. The van der Waals surface area contributed by atoms with Gasteiger partial charge in [-0.25, -0.2) is 0 Å². The molecule has 78 valence electrons. The fourth-order valence-corrected chi connectivity index (χ4v) is 3.09. The van der Waals surface area contributed by atoms with Crippen LogP contribution in [-0.4, -0.2) is 5.78 Å². The quantitative estimate of drug-likeness (QED) is 0.574. The lowest BCUT2D eigenvalue weighted by atomic mass is 9.83. The average molecular weight is 192 g/mol. The fourth-order valence-electron chi connectivity index (χ4n) is 3.09. The number of hydrogen-bond donors (Lipinski definition) is 0. The molecular formula is C13H20O. The minimum absolute atomic E-state index is 0.281. The fraction of sp³-hybridized carbons (Fsp3) is 0.769. The van der Waals surface area contributed by atoms with E-state index in [2.05, 4.69) is 6.92 Å². The minimum atomic E-state index is 0.281. The SMILES string of the molecule is CC1=C2CCCCCCC2C(C)C1=O. The zero-order valence-corrected chi connectivity index (χ0v) is 9.31. The van der Waals surface area contributed by atoms with Crippen molar-refractivity contribution in [1.82, 2.24) is 0 Å². The molecule has 0 N–H and O–H groups in total. The van der Waals surface area contributed by atoms with E-state index in [0.29, 0.717) is 11.7 Å². The summed E-state index contributed by atoms with van der Waals surface area (Å²) in [6, 6.07) is 0. The van der Waals surface area contributed by atoms with E-state index in [1.165, 1.54) is 44.1 Å². The molecule has 0 spiro atoms. The third-order valence-corrected chi connectivity index (χ3v) is 4.03. The summed E-state index contributed by atoms with van der Waals surface area (Å²) < 4.78 is 0. The highest BCUT2D eigenvalue weighted by Gasteiger charge is 2.36. The number of allylic oxidation sites excluding steroid dienone is 2. The molecule has 14 heavy (non-hydrogen) atoms. The first-order chi connectivity index (χ1) is 6.72. The Morgan fingerprint density at radius 3 is 2.64 bits per heavy atom. The average Bonchev–Trinajstić information content (AvgIpc) is 2.31. The molecule has 1 heteroatoms. The molecule has 2 rings (SSSR count). The van der Waals surface area contributed by atoms with Gasteiger partial charge in [-0.1, -0.05) is 31.8 Å². The van der Waals surface area contributed by atoms with Crippen molar-refractivity contribution < 1.29 is 4.79 Å². The summed E-state index contributed by atoms with van der Waals surface area (Å²) in [5, 5.41) is 0. The van der Waals surface area contributed by atoms with Gasteiger partial charge < -0.3 is 0 Å². The molecule has 0 aliphatic heterocycles. The van der Waals surface area contributed by atoms with Crippen LogP contribution in [0.1, 0.15) is 52.4 Å². The highest BCUT2D eigenvalue weighted by atomic mass is 16.1. The van der Waals surface area contributed by atoms with Gasteiger partial charge in [0.25, 0.3) is 0 Å². The van der Waals surface area contributed by atoms with Crippen LogP contribution in [-0.2, 0) is 4.79 Å². The van der Waals surface area contributed by atoms with Crippen molar-refractivity contribution in [3.63, 3.8) is 0 Å². The molecule has 0 saturated heterocycles. The van der Waals surface area contributed by atoms with Gasteiger partial charge in [0.05, 0.1) is 0 Å². The third-order valence-electron chi connectivity index (χ3n) is 4.03. The number of carbonyl (C=O) groups excluding carboxylic acids is 1. The van der Waals surface area contributed by atoms with Gasteiger partial charge in [0.15, 0.2) is 5.78 Å². The summed E-state index contributed by atoms with van der Waals surface area (Å²) in [7, 11) is 0. The molecule has 0 aromatic heterocycles. The molecule has 1 nitrogen and oxygen atoms in total. The number of fused-ring (bicyclic) bond motifs is 1. The van der Waals surface area contributed by atoms with E-state index in [-0.39, 0.29) is 5.92 Å². The number of ketones is 1. The van der Waals surface area contributed by atoms with Crippen LogP contribution < -0.4 is 0 Å². The van der Waals surface area contributed by atoms with Crippen LogP contribution in [0.4, 0.5) is 0 Å². The van der Waals surface area contributed by atoms with E-state index in [1.807, 2.05) is 6.92 Å². The smallest absolute Gasteiger partial charge is 0.161 e. The van der Waals surface area contributed by atoms with E-state index in [9.17, 15) is 4.79 Å². The summed E-state index contributed by atoms with van der Waals surface area (Å²) in [5.74, 6) is 1.30. The number of hydrogen-bond acceptors (Lipinski definition) is 1. The molecule has 2 unspecified atom stereocenters. The Balaban J connectivity index is 2.24. The van der Waals surface area contributed by atoms with Crippen LogP contribution in [0, 0.1) is 11.8 Å². The first-order valence-electron chi connectivity index (χ1n) is 5.95. The van der Waals surface area contributed by atoms with Gasteiger partial charge in [-0.15, -0.1) is 0 Å². The van der Waals surface area contributed by atoms with Crippen LogP contribution in [0.25, 0.3) is 0 Å². The van der Waals surface area contributed by atoms with Crippen molar-refractivity contribution in [3.05, 3.63) is 11.1 Å². The zero-order valence-electron chi connectivity index (χ0n) is 9.31. The summed E-state index contributed by atoms with van der Waals surface area (Å²) >= 11 is 0. The molecule has 2 aliphatic carbocycles. The van der Waals surface area contributed by atoms with Crippen LogP contribution in [0.15, 0.2) is 11.1 Å². The van der Waals surface area contributed by atoms with E-state index in [0.717, 1.165) is 5.57 Å². The molecule has 0 radical (unpaired) electrons. The van der Waals surface area contributed by atoms with Crippen molar-refractivity contribution in [3.8, 4) is 0 Å². The number of rotatable bonds is 0. The van der Waals surface area contributed by atoms with Crippen LogP contribution in [0.3, 0.4) is 0 Å². The largest absolute Gasteiger partial charge is 0.294 e. The first kappa shape index (κ1) is 9.95. The van der Waals surface area contributed by atoms with Crippen molar-refractivity contribution in [2.45, 2.75) is 52.4 Å². The first-order valence-corrected chi connectivity index (χ1v) is 5.95. The maximum atomic E-state index is 11.8. The zero-order chi connectivity index (χ0) is 10.1. The van der Waals surface area contributed by atoms with Crippen LogP contribution in [0.5, 0.6) is 0 Å². The van der Waals surface area contributed by atoms with Gasteiger partial charge in [0.2, 0.25) is 0 Å². The third kappa shape index (κ3) is 1.53. The Hall–Kier alpha value is -0.590. The van der Waals surface area contributed by atoms with E-state index < -0.39 is 0 Å². The van der Waals surface area contributed by atoms with Gasteiger partial charge >= 0.3 is 0 Å². The van der Waals surface area contributed by atoms with Crippen LogP contribution in [0.2, 0.25) is 0 Å². The summed E-state index contributed by atoms with van der Waals surface area (Å²) in [5.41, 5.74) is 2.60. The molecule has 0 heterocycles. The topological polar surface area (TPSA) is 17.1 Å². The number of Topliss-reactive ketones (excluding diaryl/α,β-unsaturated/α-hetero) is 1. The van der Waals surface area contributed by atoms with E-state index >= 15 is 0 Å². The highest BCUT2D eigenvalue weighted by molar-refractivity contribution is 6.00. The lowest BCUT2D eigenvalue weighted by Crippen LogP contribution is -2.15. The lowest BCUT2D eigenvalue weighted by Gasteiger charge is -2.21. The van der Waals surface area contributed by atoms with E-state index in [4.69, 9.17) is 0 Å². The van der Waals surface area contributed by atoms with Gasteiger partial charge in [0.1, 0.15) is 0 Å². The Morgan fingerprint density at radius 1 is 1.14 bits per heavy atom. The molecule has 1 saturated carbocycles. The van der Waals surface area contributed by atoms with Crippen molar-refractivity contribution >= 4 is 5.78 Å². The molecule has 0 aromatic rings. The van der Waals surface area contributed by atoms with Gasteiger partial charge in [-0.2, -0.15) is 0 Å². The molecule has 0 aromatic carbocycles. The summed E-state index contributed by atoms with van der Waals surface area (Å²) in [6.07, 6.45) is 7.77. The Labute approximate surface area is 86.6 Å². The highest BCUT2D eigenvalue weighted by Crippen LogP contribution is 2.41. The van der Waals surface area contributed by atoms with E-state index in [1.54, 1.807) is 0 Å². The lowest BCUT2D eigenvalue weighted by molar-refractivity contribution is -0.118. The number of carbonyl (C=O) groups is 1. The Morgan fingerprint density at radius 2 is 1.86 bits per heavy atom. The van der Waals surface area contributed by atoms with Gasteiger partial charge in [-0.05, 0) is 37.7 Å². The molecule has 2 atom stereocenters.